The molecule has 2 unspecified atom stereocenters. The number of esters is 2. The van der Waals surface area contributed by atoms with Crippen LogP contribution in [0.15, 0.2) is 85.1 Å². The first-order valence-corrected chi connectivity index (χ1v) is 33.3. The molecule has 0 bridgehead atoms. The molecule has 0 amide bonds. The van der Waals surface area contributed by atoms with Crippen molar-refractivity contribution in [3.05, 3.63) is 85.1 Å². The number of likely N-dealkylation sites (N-methyl/N-ethyl adjacent to an activating group) is 1. The maximum Gasteiger partial charge on any atom is 0.306 e. The van der Waals surface area contributed by atoms with E-state index in [2.05, 4.69) is 98.9 Å². The molecule has 0 aliphatic heterocycles. The lowest BCUT2D eigenvalue weighted by Crippen LogP contribution is -2.37. The summed E-state index contributed by atoms with van der Waals surface area (Å²) in [7, 11) is 1.17. The molecule has 0 spiro atoms. The van der Waals surface area contributed by atoms with Gasteiger partial charge in [0.15, 0.2) is 6.10 Å². The Morgan fingerprint density at radius 3 is 1.10 bits per heavy atom. The van der Waals surface area contributed by atoms with Crippen LogP contribution in [0.5, 0.6) is 0 Å². The quantitative estimate of drug-likeness (QED) is 0.0195. The van der Waals surface area contributed by atoms with Crippen molar-refractivity contribution in [3.8, 4) is 0 Å². The van der Waals surface area contributed by atoms with Crippen LogP contribution in [0.2, 0.25) is 0 Å². The van der Waals surface area contributed by atoms with Crippen LogP contribution >= 0.6 is 7.82 Å². The highest BCUT2D eigenvalue weighted by atomic mass is 31.2. The Kier molecular flexibility index (Phi) is 55.8. The second-order valence-corrected chi connectivity index (χ2v) is 23.8. The van der Waals surface area contributed by atoms with E-state index in [0.717, 1.165) is 83.5 Å². The fourth-order valence-corrected chi connectivity index (χ4v) is 9.54. The maximum atomic E-state index is 12.8. The molecule has 0 aromatic rings. The van der Waals surface area contributed by atoms with E-state index in [0.29, 0.717) is 17.4 Å². The summed E-state index contributed by atoms with van der Waals surface area (Å²) >= 11 is 0. The number of hydrogen-bond donors (Lipinski definition) is 0. The number of nitrogens with zero attached hydrogens (tertiary/aromatic N) is 1. The zero-order chi connectivity index (χ0) is 56.3. The van der Waals surface area contributed by atoms with E-state index in [1.165, 1.54) is 161 Å². The van der Waals surface area contributed by atoms with Gasteiger partial charge in [-0.1, -0.05) is 279 Å². The largest absolute Gasteiger partial charge is 0.756 e. The van der Waals surface area contributed by atoms with E-state index in [1.54, 1.807) is 0 Å². The lowest BCUT2D eigenvalue weighted by Gasteiger charge is -2.28. The van der Waals surface area contributed by atoms with Gasteiger partial charge in [0, 0.05) is 12.8 Å². The molecular weight excluding hydrogens is 978 g/mol. The molecule has 0 aliphatic carbocycles. The summed E-state index contributed by atoms with van der Waals surface area (Å²) in [6.07, 6.45) is 78.0. The zero-order valence-electron chi connectivity index (χ0n) is 50.6. The Morgan fingerprint density at radius 2 is 0.740 bits per heavy atom. The predicted molar refractivity (Wildman–Crippen MR) is 328 cm³/mol. The lowest BCUT2D eigenvalue weighted by atomic mass is 10.0. The fraction of sp³-hybridized carbons (Fsp3) is 0.761. The number of allylic oxidation sites excluding steroid dienone is 14. The Hall–Kier alpha value is -2.81. The molecule has 9 nitrogen and oxygen atoms in total. The first-order valence-electron chi connectivity index (χ1n) is 31.8. The number of carbonyl (C=O) groups excluding carboxylic acids is 2. The summed E-state index contributed by atoms with van der Waals surface area (Å²) in [5, 5.41) is 0. The van der Waals surface area contributed by atoms with Gasteiger partial charge < -0.3 is 27.9 Å². The highest BCUT2D eigenvalue weighted by molar-refractivity contribution is 7.45. The van der Waals surface area contributed by atoms with Crippen LogP contribution in [0.3, 0.4) is 0 Å². The van der Waals surface area contributed by atoms with E-state index in [1.807, 2.05) is 21.1 Å². The van der Waals surface area contributed by atoms with Crippen molar-refractivity contribution in [1.82, 2.24) is 0 Å². The normalized spacial score (nSPS) is 13.8. The van der Waals surface area contributed by atoms with Gasteiger partial charge >= 0.3 is 11.9 Å². The summed E-state index contributed by atoms with van der Waals surface area (Å²) in [5.41, 5.74) is 0. The van der Waals surface area contributed by atoms with Crippen molar-refractivity contribution >= 4 is 19.8 Å². The van der Waals surface area contributed by atoms with Crippen LogP contribution < -0.4 is 4.89 Å². The number of phosphoric ester groups is 1. The van der Waals surface area contributed by atoms with Gasteiger partial charge in [0.1, 0.15) is 19.8 Å². The summed E-state index contributed by atoms with van der Waals surface area (Å²) in [5.74, 6) is -0.823. The van der Waals surface area contributed by atoms with Crippen molar-refractivity contribution in [2.24, 2.45) is 0 Å². The van der Waals surface area contributed by atoms with E-state index in [9.17, 15) is 19.0 Å². The minimum atomic E-state index is -4.63. The van der Waals surface area contributed by atoms with E-state index >= 15 is 0 Å². The standard InChI is InChI=1S/C67H120NO8P/c1-6-8-10-12-14-16-18-20-22-23-24-25-26-27-28-29-30-31-32-33-34-35-36-37-38-39-40-41-42-43-44-45-46-48-50-52-54-56-58-60-67(70)76-65(64-75-77(71,72)74-62-61-68(3,4)5)63-73-66(69)59-57-55-53-51-49-47-21-19-17-15-13-11-9-7-2/h8,10,14,16,20,22,24-25,27-28,30-31,33-34,65H,6-7,9,11-13,15,17-19,21,23,26,29,32,35-64H2,1-5H3/b10-8-,16-14-,22-20-,25-24-,28-27-,31-30-,34-33-. The molecule has 0 fully saturated rings. The van der Waals surface area contributed by atoms with Crippen molar-refractivity contribution in [2.75, 3.05) is 47.5 Å². The first kappa shape index (κ1) is 74.2. The molecular formula is C67H120NO8P. The van der Waals surface area contributed by atoms with Gasteiger partial charge in [0.05, 0.1) is 27.7 Å². The van der Waals surface area contributed by atoms with Crippen LogP contribution in [0, 0.1) is 0 Å². The van der Waals surface area contributed by atoms with Crippen molar-refractivity contribution in [2.45, 2.75) is 283 Å². The van der Waals surface area contributed by atoms with Crippen LogP contribution in [0.25, 0.3) is 0 Å². The topological polar surface area (TPSA) is 111 Å². The third-order valence-electron chi connectivity index (χ3n) is 13.7. The Morgan fingerprint density at radius 1 is 0.416 bits per heavy atom. The molecule has 0 aromatic heterocycles. The predicted octanol–water partition coefficient (Wildman–Crippen LogP) is 19.6. The molecule has 0 saturated carbocycles. The Labute approximate surface area is 475 Å². The molecule has 0 N–H and O–H groups in total. The molecule has 446 valence electrons. The van der Waals surface area contributed by atoms with Crippen molar-refractivity contribution in [1.29, 1.82) is 0 Å². The van der Waals surface area contributed by atoms with Gasteiger partial charge in [-0.15, -0.1) is 0 Å². The van der Waals surface area contributed by atoms with Gasteiger partial charge in [0.25, 0.3) is 7.82 Å². The van der Waals surface area contributed by atoms with E-state index < -0.39 is 26.5 Å². The van der Waals surface area contributed by atoms with E-state index in [-0.39, 0.29) is 32.0 Å². The summed E-state index contributed by atoms with van der Waals surface area (Å²) < 4.78 is 34.2. The molecule has 0 aliphatic rings. The van der Waals surface area contributed by atoms with Gasteiger partial charge in [-0.25, -0.2) is 0 Å². The van der Waals surface area contributed by atoms with Gasteiger partial charge in [0.2, 0.25) is 0 Å². The van der Waals surface area contributed by atoms with Crippen molar-refractivity contribution < 1.29 is 42.1 Å². The van der Waals surface area contributed by atoms with Crippen LogP contribution in [0.1, 0.15) is 277 Å². The first-order chi connectivity index (χ1) is 37.5. The minimum Gasteiger partial charge on any atom is -0.756 e. The average Bonchev–Trinajstić information content (AvgIpc) is 3.39. The third kappa shape index (κ3) is 62.3. The number of rotatable bonds is 58. The van der Waals surface area contributed by atoms with Gasteiger partial charge in [-0.05, 0) is 70.6 Å². The smallest absolute Gasteiger partial charge is 0.306 e. The van der Waals surface area contributed by atoms with Crippen LogP contribution in [0.4, 0.5) is 0 Å². The molecule has 0 heterocycles. The summed E-state index contributed by atoms with van der Waals surface area (Å²) in [4.78, 5) is 37.9. The Bertz CT molecular complexity index is 1580. The highest BCUT2D eigenvalue weighted by Crippen LogP contribution is 2.38. The summed E-state index contributed by atoms with van der Waals surface area (Å²) in [6.45, 7) is 4.15. The third-order valence-corrected chi connectivity index (χ3v) is 14.6. The summed E-state index contributed by atoms with van der Waals surface area (Å²) in [6, 6.07) is 0. The molecule has 77 heavy (non-hydrogen) atoms. The number of phosphoric acid groups is 1. The number of quaternary nitrogens is 1. The average molecular weight is 1100 g/mol. The van der Waals surface area contributed by atoms with Crippen LogP contribution in [-0.2, 0) is 32.7 Å². The Balaban J connectivity index is 3.97. The fourth-order valence-electron chi connectivity index (χ4n) is 8.81. The highest BCUT2D eigenvalue weighted by Gasteiger charge is 2.22. The van der Waals surface area contributed by atoms with E-state index in [4.69, 9.17) is 18.5 Å². The number of ether oxygens (including phenoxy) is 2. The molecule has 0 saturated heterocycles. The van der Waals surface area contributed by atoms with Crippen LogP contribution in [-0.4, -0.2) is 70.0 Å². The lowest BCUT2D eigenvalue weighted by molar-refractivity contribution is -0.870. The second kappa shape index (κ2) is 57.9. The molecule has 0 aromatic carbocycles. The molecule has 0 rings (SSSR count). The van der Waals surface area contributed by atoms with Crippen molar-refractivity contribution in [3.63, 3.8) is 0 Å². The molecule has 0 radical (unpaired) electrons. The second-order valence-electron chi connectivity index (χ2n) is 22.4. The van der Waals surface area contributed by atoms with Gasteiger partial charge in [-0.2, -0.15) is 0 Å². The molecule has 10 heteroatoms. The minimum absolute atomic E-state index is 0.0305. The number of hydrogen-bond acceptors (Lipinski definition) is 8. The zero-order valence-corrected chi connectivity index (χ0v) is 51.5. The number of unbranched alkanes of at least 4 members (excludes halogenated alkanes) is 30. The SMILES string of the molecule is CC/C=C\C/C=C\C/C=C\C/C=C\C/C=C\C/C=C\C/C=C\CCCCCCCCCCCCCCCCCCCC(=O)OC(COC(=O)CCCCCCCCCCCCCCCC)COP(=O)([O-])OCC[N+](C)(C)C. The molecule has 2 atom stereocenters. The monoisotopic (exact) mass is 1100 g/mol. The maximum absolute atomic E-state index is 12.8. The number of carbonyl (C=O) groups is 2. The van der Waals surface area contributed by atoms with Gasteiger partial charge in [-0.3, -0.25) is 14.2 Å².